The zero-order valence-electron chi connectivity index (χ0n) is 14.7. The first-order valence-electron chi connectivity index (χ1n) is 8.69. The predicted molar refractivity (Wildman–Crippen MR) is 94.4 cm³/mol. The summed E-state index contributed by atoms with van der Waals surface area (Å²) in [5.74, 6) is 0.348. The van der Waals surface area contributed by atoms with E-state index in [1.165, 1.54) is 0 Å². The molecule has 2 amide bonds. The number of rotatable bonds is 2. The van der Waals surface area contributed by atoms with Crippen LogP contribution < -0.4 is 5.73 Å². The first kappa shape index (κ1) is 20.2. The molecular weight excluding hydrogens is 314 g/mol. The van der Waals surface area contributed by atoms with Crippen LogP contribution >= 0.6 is 12.4 Å². The molecule has 134 valence electrons. The topological polar surface area (TPSA) is 66.6 Å². The predicted octanol–water partition coefficient (Wildman–Crippen LogP) is 2.03. The quantitative estimate of drug-likeness (QED) is 0.832. The Hall–Kier alpha value is -0.810. The normalized spacial score (nSPS) is 29.0. The lowest BCUT2D eigenvalue weighted by Gasteiger charge is -2.39. The molecule has 2 aliphatic rings. The van der Waals surface area contributed by atoms with Crippen molar-refractivity contribution in [2.45, 2.75) is 58.4 Å². The van der Waals surface area contributed by atoms with E-state index in [4.69, 9.17) is 5.73 Å². The van der Waals surface area contributed by atoms with Crippen LogP contribution in [0.5, 0.6) is 0 Å². The summed E-state index contributed by atoms with van der Waals surface area (Å²) in [7, 11) is 0. The number of carbonyl (C=O) groups is 2. The first-order valence-corrected chi connectivity index (χ1v) is 8.69. The molecule has 0 bridgehead atoms. The lowest BCUT2D eigenvalue weighted by molar-refractivity contribution is -0.139. The summed E-state index contributed by atoms with van der Waals surface area (Å²) in [6.45, 7) is 8.66. The van der Waals surface area contributed by atoms with Crippen LogP contribution in [0.25, 0.3) is 0 Å². The average Bonchev–Trinajstić information content (AvgIpc) is 2.71. The second kappa shape index (κ2) is 8.34. The van der Waals surface area contributed by atoms with E-state index in [2.05, 4.69) is 0 Å². The van der Waals surface area contributed by atoms with E-state index >= 15 is 0 Å². The summed E-state index contributed by atoms with van der Waals surface area (Å²) < 4.78 is 0. The molecular formula is C17H32ClN3O2. The van der Waals surface area contributed by atoms with Gasteiger partial charge in [-0.1, -0.05) is 26.7 Å². The van der Waals surface area contributed by atoms with Gasteiger partial charge < -0.3 is 15.5 Å². The molecule has 23 heavy (non-hydrogen) atoms. The van der Waals surface area contributed by atoms with Crippen LogP contribution in [0.15, 0.2) is 0 Å². The maximum absolute atomic E-state index is 12.9. The monoisotopic (exact) mass is 345 g/mol. The van der Waals surface area contributed by atoms with E-state index in [0.29, 0.717) is 13.1 Å². The summed E-state index contributed by atoms with van der Waals surface area (Å²) >= 11 is 0. The summed E-state index contributed by atoms with van der Waals surface area (Å²) in [5.41, 5.74) is 5.99. The third kappa shape index (κ3) is 4.83. The van der Waals surface area contributed by atoms with Crippen molar-refractivity contribution in [1.82, 2.24) is 9.80 Å². The Bertz CT molecular complexity index is 426. The molecule has 1 aliphatic heterocycles. The van der Waals surface area contributed by atoms with Gasteiger partial charge in [0.25, 0.3) is 0 Å². The highest BCUT2D eigenvalue weighted by atomic mass is 35.5. The van der Waals surface area contributed by atoms with Gasteiger partial charge in [0.05, 0.1) is 5.92 Å². The summed E-state index contributed by atoms with van der Waals surface area (Å²) in [4.78, 5) is 28.9. The molecule has 2 unspecified atom stereocenters. The van der Waals surface area contributed by atoms with E-state index in [0.717, 1.165) is 45.2 Å². The number of nitrogens with two attached hydrogens (primary N) is 1. The van der Waals surface area contributed by atoms with Crippen molar-refractivity contribution in [1.29, 1.82) is 0 Å². The van der Waals surface area contributed by atoms with E-state index in [1.807, 2.05) is 30.6 Å². The van der Waals surface area contributed by atoms with Crippen molar-refractivity contribution in [3.05, 3.63) is 0 Å². The van der Waals surface area contributed by atoms with Crippen LogP contribution in [0.2, 0.25) is 0 Å². The Morgan fingerprint density at radius 3 is 2.26 bits per heavy atom. The van der Waals surface area contributed by atoms with Gasteiger partial charge >= 0.3 is 0 Å². The van der Waals surface area contributed by atoms with Crippen molar-refractivity contribution >= 4 is 24.2 Å². The standard InChI is InChI=1S/C17H31N3O2.ClH/c1-13(2)15(21)19-9-6-10-20(12-11-19)16(22)14-7-4-5-8-17(14,3)18;/h13-14H,4-12,18H2,1-3H3;1H. The van der Waals surface area contributed by atoms with Gasteiger partial charge in [0.1, 0.15) is 0 Å². The molecule has 6 heteroatoms. The molecule has 0 radical (unpaired) electrons. The molecule has 0 aromatic carbocycles. The van der Waals surface area contributed by atoms with E-state index in [1.54, 1.807) is 0 Å². The summed E-state index contributed by atoms with van der Waals surface area (Å²) in [6, 6.07) is 0. The highest BCUT2D eigenvalue weighted by Gasteiger charge is 2.40. The van der Waals surface area contributed by atoms with Crippen LogP contribution in [0, 0.1) is 11.8 Å². The fourth-order valence-electron chi connectivity index (χ4n) is 3.71. The SMILES string of the molecule is CC(C)C(=O)N1CCCN(C(=O)C2CCCCC2(C)N)CC1.Cl. The van der Waals surface area contributed by atoms with E-state index < -0.39 is 0 Å². The molecule has 1 saturated heterocycles. The van der Waals surface area contributed by atoms with Crippen molar-refractivity contribution in [2.75, 3.05) is 26.2 Å². The molecule has 0 spiro atoms. The van der Waals surface area contributed by atoms with Gasteiger partial charge in [-0.25, -0.2) is 0 Å². The Kier molecular flexibility index (Phi) is 7.33. The zero-order chi connectivity index (χ0) is 16.3. The van der Waals surface area contributed by atoms with Crippen molar-refractivity contribution < 1.29 is 9.59 Å². The first-order chi connectivity index (χ1) is 10.3. The van der Waals surface area contributed by atoms with E-state index in [-0.39, 0.29) is 41.6 Å². The maximum Gasteiger partial charge on any atom is 0.227 e. The second-order valence-corrected chi connectivity index (χ2v) is 7.46. The van der Waals surface area contributed by atoms with Crippen LogP contribution in [-0.4, -0.2) is 53.3 Å². The Labute approximate surface area is 146 Å². The average molecular weight is 346 g/mol. The van der Waals surface area contributed by atoms with Crippen LogP contribution in [-0.2, 0) is 9.59 Å². The highest BCUT2D eigenvalue weighted by Crippen LogP contribution is 2.33. The molecule has 1 aliphatic carbocycles. The van der Waals surface area contributed by atoms with Crippen molar-refractivity contribution in [3.63, 3.8) is 0 Å². The molecule has 2 fully saturated rings. The summed E-state index contributed by atoms with van der Waals surface area (Å²) in [5, 5.41) is 0. The van der Waals surface area contributed by atoms with Crippen LogP contribution in [0.1, 0.15) is 52.9 Å². The molecule has 2 rings (SSSR count). The van der Waals surface area contributed by atoms with Gasteiger partial charge in [-0.2, -0.15) is 0 Å². The Balaban J connectivity index is 0.00000264. The minimum atomic E-state index is -0.380. The van der Waals surface area contributed by atoms with Gasteiger partial charge in [-0.05, 0) is 26.2 Å². The third-order valence-electron chi connectivity index (χ3n) is 5.17. The lowest BCUT2D eigenvalue weighted by Crippen LogP contribution is -2.54. The Morgan fingerprint density at radius 2 is 1.65 bits per heavy atom. The van der Waals surface area contributed by atoms with Gasteiger partial charge in [-0.3, -0.25) is 9.59 Å². The number of amides is 2. The molecule has 2 N–H and O–H groups in total. The maximum atomic E-state index is 12.9. The fourth-order valence-corrected chi connectivity index (χ4v) is 3.71. The number of hydrogen-bond donors (Lipinski definition) is 1. The van der Waals surface area contributed by atoms with Gasteiger partial charge in [0.15, 0.2) is 0 Å². The van der Waals surface area contributed by atoms with Crippen molar-refractivity contribution in [2.24, 2.45) is 17.6 Å². The van der Waals surface area contributed by atoms with Gasteiger partial charge in [-0.15, -0.1) is 12.4 Å². The number of hydrogen-bond acceptors (Lipinski definition) is 3. The van der Waals surface area contributed by atoms with Gasteiger partial charge in [0, 0.05) is 37.6 Å². The second-order valence-electron chi connectivity index (χ2n) is 7.46. The fraction of sp³-hybridized carbons (Fsp3) is 0.882. The zero-order valence-corrected chi connectivity index (χ0v) is 15.5. The van der Waals surface area contributed by atoms with Crippen LogP contribution in [0.3, 0.4) is 0 Å². The largest absolute Gasteiger partial charge is 0.341 e. The molecule has 0 aromatic rings. The lowest BCUT2D eigenvalue weighted by atomic mass is 9.74. The van der Waals surface area contributed by atoms with E-state index in [9.17, 15) is 9.59 Å². The number of carbonyl (C=O) groups excluding carboxylic acids is 2. The van der Waals surface area contributed by atoms with Gasteiger partial charge in [0.2, 0.25) is 11.8 Å². The molecule has 0 aromatic heterocycles. The number of halogens is 1. The molecule has 5 nitrogen and oxygen atoms in total. The minimum Gasteiger partial charge on any atom is -0.341 e. The Morgan fingerprint density at radius 1 is 1.04 bits per heavy atom. The minimum absolute atomic E-state index is 0. The third-order valence-corrected chi connectivity index (χ3v) is 5.17. The van der Waals surface area contributed by atoms with Crippen molar-refractivity contribution in [3.8, 4) is 0 Å². The highest BCUT2D eigenvalue weighted by molar-refractivity contribution is 5.85. The smallest absolute Gasteiger partial charge is 0.227 e. The molecule has 1 saturated carbocycles. The van der Waals surface area contributed by atoms with Crippen LogP contribution in [0.4, 0.5) is 0 Å². The number of nitrogens with zero attached hydrogens (tertiary/aromatic N) is 2. The molecule has 1 heterocycles. The molecule has 2 atom stereocenters. The summed E-state index contributed by atoms with van der Waals surface area (Å²) in [6.07, 6.45) is 4.90.